The Bertz CT molecular complexity index is 1050. The molecule has 0 saturated carbocycles. The number of benzene rings is 1. The topological polar surface area (TPSA) is 84.5 Å². The Kier molecular flexibility index (Phi) is 8.85. The largest absolute Gasteiger partial charge is 0.443 e. The van der Waals surface area contributed by atoms with Gasteiger partial charge in [-0.3, -0.25) is 9.79 Å². The molecule has 3 aromatic rings. The highest BCUT2D eigenvalue weighted by Gasteiger charge is 2.19. The van der Waals surface area contributed by atoms with E-state index in [1.54, 1.807) is 36.1 Å². The van der Waals surface area contributed by atoms with Gasteiger partial charge >= 0.3 is 0 Å². The lowest BCUT2D eigenvalue weighted by molar-refractivity contribution is 0.379. The smallest absolute Gasteiger partial charge is 0.250 e. The van der Waals surface area contributed by atoms with Crippen molar-refractivity contribution in [2.75, 3.05) is 7.05 Å². The van der Waals surface area contributed by atoms with Gasteiger partial charge in [-0.15, -0.1) is 24.0 Å². The first-order valence-corrected chi connectivity index (χ1v) is 9.98. The maximum Gasteiger partial charge on any atom is 0.250 e. The van der Waals surface area contributed by atoms with E-state index in [4.69, 9.17) is 4.42 Å². The van der Waals surface area contributed by atoms with Crippen molar-refractivity contribution in [3.05, 3.63) is 88.0 Å². The summed E-state index contributed by atoms with van der Waals surface area (Å²) < 4.78 is 7.48. The number of nitrogens with one attached hydrogen (secondary N) is 2. The molecule has 7 nitrogen and oxygen atoms in total. The van der Waals surface area contributed by atoms with Crippen molar-refractivity contribution >= 4 is 29.9 Å². The number of guanidine groups is 1. The SMILES string of the molecule is CN=C(NCc1ccc(Cn2ccccc2=O)cc1)NCc1ncc(C(C)(C)C)o1.I. The molecule has 0 fully saturated rings. The van der Waals surface area contributed by atoms with Gasteiger partial charge in [-0.2, -0.15) is 0 Å². The van der Waals surface area contributed by atoms with E-state index in [-0.39, 0.29) is 35.0 Å². The minimum atomic E-state index is -0.0639. The van der Waals surface area contributed by atoms with Crippen LogP contribution in [0.2, 0.25) is 0 Å². The highest BCUT2D eigenvalue weighted by Crippen LogP contribution is 2.22. The van der Waals surface area contributed by atoms with Crippen molar-refractivity contribution in [1.29, 1.82) is 0 Å². The first-order valence-electron chi connectivity index (χ1n) is 9.98. The van der Waals surface area contributed by atoms with Crippen molar-refractivity contribution in [3.8, 4) is 0 Å². The molecule has 0 atom stereocenters. The Hall–Kier alpha value is -2.62. The van der Waals surface area contributed by atoms with E-state index in [1.165, 1.54) is 0 Å². The molecule has 3 rings (SSSR count). The highest BCUT2D eigenvalue weighted by molar-refractivity contribution is 14.0. The zero-order valence-electron chi connectivity index (χ0n) is 18.4. The number of hydrogen-bond donors (Lipinski definition) is 2. The summed E-state index contributed by atoms with van der Waals surface area (Å²) in [5.74, 6) is 2.16. The summed E-state index contributed by atoms with van der Waals surface area (Å²) in [6.07, 6.45) is 3.57. The first kappa shape index (κ1) is 24.6. The number of hydrogen-bond acceptors (Lipinski definition) is 4. The quantitative estimate of drug-likeness (QED) is 0.286. The molecular weight excluding hydrogens is 505 g/mol. The van der Waals surface area contributed by atoms with Crippen LogP contribution in [0.3, 0.4) is 0 Å². The van der Waals surface area contributed by atoms with Crippen molar-refractivity contribution in [3.63, 3.8) is 0 Å². The molecule has 0 saturated heterocycles. The molecule has 166 valence electrons. The number of pyridine rings is 1. The zero-order valence-corrected chi connectivity index (χ0v) is 20.7. The number of aliphatic imine (C=N–C) groups is 1. The van der Waals surface area contributed by atoms with Crippen molar-refractivity contribution < 1.29 is 4.42 Å². The van der Waals surface area contributed by atoms with E-state index in [2.05, 4.69) is 41.4 Å². The van der Waals surface area contributed by atoms with Gasteiger partial charge in [0.2, 0.25) is 5.89 Å². The molecule has 0 aliphatic carbocycles. The second-order valence-electron chi connectivity index (χ2n) is 8.13. The lowest BCUT2D eigenvalue weighted by Crippen LogP contribution is -2.36. The van der Waals surface area contributed by atoms with Crippen LogP contribution in [0.5, 0.6) is 0 Å². The average Bonchev–Trinajstić information content (AvgIpc) is 3.21. The fraction of sp³-hybridized carbons (Fsp3) is 0.348. The molecule has 0 unspecified atom stereocenters. The van der Waals surface area contributed by atoms with E-state index in [0.29, 0.717) is 31.5 Å². The molecule has 2 N–H and O–H groups in total. The number of aromatic nitrogens is 2. The molecule has 31 heavy (non-hydrogen) atoms. The van der Waals surface area contributed by atoms with Crippen LogP contribution >= 0.6 is 24.0 Å². The summed E-state index contributed by atoms with van der Waals surface area (Å²) in [5.41, 5.74) is 2.13. The van der Waals surface area contributed by atoms with Crippen LogP contribution in [0.15, 0.2) is 69.1 Å². The Balaban J connectivity index is 0.00000341. The minimum absolute atomic E-state index is 0. The predicted molar refractivity (Wildman–Crippen MR) is 134 cm³/mol. The van der Waals surface area contributed by atoms with Gasteiger partial charge in [0.1, 0.15) is 5.76 Å². The third kappa shape index (κ3) is 7.23. The number of rotatable bonds is 6. The van der Waals surface area contributed by atoms with Crippen LogP contribution in [0.1, 0.15) is 43.5 Å². The Morgan fingerprint density at radius 1 is 1.06 bits per heavy atom. The van der Waals surface area contributed by atoms with E-state index in [1.807, 2.05) is 30.3 Å². The van der Waals surface area contributed by atoms with Gasteiger partial charge in [0, 0.05) is 31.3 Å². The molecule has 2 aromatic heterocycles. The fourth-order valence-corrected chi connectivity index (χ4v) is 2.85. The molecule has 0 aliphatic heterocycles. The molecular formula is C23H30IN5O2. The standard InChI is InChI=1S/C23H29N5O2.HI/c1-23(2,3)19-14-25-20(30-19)15-27-22(24-4)26-13-17-8-10-18(11-9-17)16-28-12-6-5-7-21(28)29;/h5-12,14H,13,15-16H2,1-4H3,(H2,24,26,27);1H. The van der Waals surface area contributed by atoms with E-state index >= 15 is 0 Å². The summed E-state index contributed by atoms with van der Waals surface area (Å²) in [7, 11) is 1.73. The molecule has 0 bridgehead atoms. The van der Waals surface area contributed by atoms with E-state index < -0.39 is 0 Å². The van der Waals surface area contributed by atoms with Gasteiger partial charge in [-0.1, -0.05) is 51.1 Å². The second-order valence-corrected chi connectivity index (χ2v) is 8.13. The normalized spacial score (nSPS) is 11.7. The first-order chi connectivity index (χ1) is 14.3. The van der Waals surface area contributed by atoms with Crippen LogP contribution < -0.4 is 16.2 Å². The van der Waals surface area contributed by atoms with Crippen LogP contribution in [0, 0.1) is 0 Å². The summed E-state index contributed by atoms with van der Waals surface area (Å²) in [6.45, 7) is 7.92. The Morgan fingerprint density at radius 3 is 2.35 bits per heavy atom. The van der Waals surface area contributed by atoms with Gasteiger partial charge in [0.25, 0.3) is 5.56 Å². The summed E-state index contributed by atoms with van der Waals surface area (Å²) in [5, 5.41) is 6.50. The summed E-state index contributed by atoms with van der Waals surface area (Å²) >= 11 is 0. The lowest BCUT2D eigenvalue weighted by Gasteiger charge is -2.13. The van der Waals surface area contributed by atoms with E-state index in [0.717, 1.165) is 16.9 Å². The van der Waals surface area contributed by atoms with E-state index in [9.17, 15) is 4.79 Å². The molecule has 0 radical (unpaired) electrons. The van der Waals surface area contributed by atoms with Crippen LogP contribution in [0.25, 0.3) is 0 Å². The lowest BCUT2D eigenvalue weighted by atomic mass is 9.94. The molecule has 0 aliphatic rings. The highest BCUT2D eigenvalue weighted by atomic mass is 127. The van der Waals surface area contributed by atoms with Crippen LogP contribution in [-0.4, -0.2) is 22.6 Å². The predicted octanol–water partition coefficient (Wildman–Crippen LogP) is 3.67. The Labute approximate surface area is 200 Å². The monoisotopic (exact) mass is 535 g/mol. The third-order valence-corrected chi connectivity index (χ3v) is 4.66. The molecule has 8 heteroatoms. The maximum atomic E-state index is 11.8. The van der Waals surface area contributed by atoms with Crippen molar-refractivity contribution in [2.45, 2.75) is 45.8 Å². The van der Waals surface area contributed by atoms with Gasteiger partial charge in [0.15, 0.2) is 5.96 Å². The zero-order chi connectivity index (χ0) is 21.6. The van der Waals surface area contributed by atoms with Crippen LogP contribution in [-0.2, 0) is 25.0 Å². The van der Waals surface area contributed by atoms with Gasteiger partial charge < -0.3 is 19.6 Å². The summed E-state index contributed by atoms with van der Waals surface area (Å²) in [4.78, 5) is 20.4. The van der Waals surface area contributed by atoms with Crippen LogP contribution in [0.4, 0.5) is 0 Å². The minimum Gasteiger partial charge on any atom is -0.443 e. The molecule has 2 heterocycles. The molecule has 0 amide bonds. The fourth-order valence-electron chi connectivity index (χ4n) is 2.85. The van der Waals surface area contributed by atoms with Gasteiger partial charge in [0.05, 0.1) is 19.3 Å². The number of nitrogens with zero attached hydrogens (tertiary/aromatic N) is 3. The third-order valence-electron chi connectivity index (χ3n) is 4.66. The van der Waals surface area contributed by atoms with Gasteiger partial charge in [-0.05, 0) is 17.2 Å². The van der Waals surface area contributed by atoms with Crippen molar-refractivity contribution in [1.82, 2.24) is 20.2 Å². The molecule has 0 spiro atoms. The van der Waals surface area contributed by atoms with Crippen molar-refractivity contribution in [2.24, 2.45) is 4.99 Å². The average molecular weight is 535 g/mol. The maximum absolute atomic E-state index is 11.8. The molecule has 1 aromatic carbocycles. The Morgan fingerprint density at radius 2 is 1.74 bits per heavy atom. The number of oxazole rings is 1. The second kappa shape index (κ2) is 11.1. The summed E-state index contributed by atoms with van der Waals surface area (Å²) in [6, 6.07) is 13.3. The van der Waals surface area contributed by atoms with Gasteiger partial charge in [-0.25, -0.2) is 4.98 Å². The number of halogens is 1.